The Bertz CT molecular complexity index is 761. The lowest BCUT2D eigenvalue weighted by molar-refractivity contribution is -0.276. The molecule has 4 saturated carbocycles. The van der Waals surface area contributed by atoms with Gasteiger partial charge in [-0.05, 0) is 91.3 Å². The van der Waals surface area contributed by atoms with Crippen LogP contribution in [0.2, 0.25) is 0 Å². The number of hydrogen-bond acceptors (Lipinski definition) is 4. The Balaban J connectivity index is 1.30. The van der Waals surface area contributed by atoms with Crippen molar-refractivity contribution in [3.05, 3.63) is 0 Å². The first-order valence-corrected chi connectivity index (χ1v) is 13.8. The van der Waals surface area contributed by atoms with E-state index in [1.807, 2.05) is 0 Å². The fraction of sp³-hybridized carbons (Fsp3) is 1.00. The number of hydrogen-bond donors (Lipinski definition) is 2. The topological polar surface area (TPSA) is 58.9 Å². The lowest BCUT2D eigenvalue weighted by Crippen LogP contribution is -2.66. The molecule has 2 N–H and O–H groups in total. The van der Waals surface area contributed by atoms with Crippen molar-refractivity contribution in [2.45, 2.75) is 116 Å². The van der Waals surface area contributed by atoms with Gasteiger partial charge in [0.1, 0.15) is 0 Å². The second-order valence-corrected chi connectivity index (χ2v) is 13.8. The van der Waals surface area contributed by atoms with E-state index >= 15 is 0 Å². The van der Waals surface area contributed by atoms with Crippen LogP contribution in [0.4, 0.5) is 0 Å². The molecule has 0 amide bonds. The highest BCUT2D eigenvalue weighted by molar-refractivity contribution is 5.19. The summed E-state index contributed by atoms with van der Waals surface area (Å²) in [6.45, 7) is 12.8. The van der Waals surface area contributed by atoms with Crippen molar-refractivity contribution in [1.29, 1.82) is 0 Å². The van der Waals surface area contributed by atoms with E-state index in [2.05, 4.69) is 34.6 Å². The Morgan fingerprint density at radius 3 is 2.41 bits per heavy atom. The molecule has 0 radical (unpaired) electrons. The van der Waals surface area contributed by atoms with Gasteiger partial charge in [-0.15, -0.1) is 0 Å². The van der Waals surface area contributed by atoms with E-state index in [9.17, 15) is 10.2 Å². The molecule has 0 aromatic heterocycles. The molecule has 2 heterocycles. The minimum absolute atomic E-state index is 0.0656. The molecule has 2 saturated heterocycles. The van der Waals surface area contributed by atoms with Gasteiger partial charge in [0.15, 0.2) is 5.79 Å². The standard InChI is InChI=1S/C28H46O4/c1-16-6-11-28(31-15-16)18(3)24-23(32-28)13-22-20-12-17(2)27(30)14-19(29)7-10-26(27,5)21(20)8-9-25(22,24)4/h16-24,29-30H,6-15H2,1-5H3/t16-,17-,18-,19+,20+,21-,22-,23-,24-,25-,26+,27-,28+/m0/s1. The number of fused-ring (bicyclic) bond motifs is 7. The number of aliphatic hydroxyl groups excluding tert-OH is 1. The summed E-state index contributed by atoms with van der Waals surface area (Å²) in [6, 6.07) is 0. The smallest absolute Gasteiger partial charge is 0.171 e. The molecular weight excluding hydrogens is 400 g/mol. The van der Waals surface area contributed by atoms with E-state index in [4.69, 9.17) is 9.47 Å². The van der Waals surface area contributed by atoms with Crippen molar-refractivity contribution in [1.82, 2.24) is 0 Å². The average molecular weight is 447 g/mol. The van der Waals surface area contributed by atoms with Crippen molar-refractivity contribution >= 4 is 0 Å². The highest BCUT2D eigenvalue weighted by atomic mass is 16.7. The van der Waals surface area contributed by atoms with E-state index in [1.165, 1.54) is 25.7 Å². The maximum Gasteiger partial charge on any atom is 0.171 e. The molecule has 0 bridgehead atoms. The Labute approximate surface area is 194 Å². The molecule has 4 nitrogen and oxygen atoms in total. The quantitative estimate of drug-likeness (QED) is 0.540. The second kappa shape index (κ2) is 6.95. The Morgan fingerprint density at radius 1 is 0.906 bits per heavy atom. The highest BCUT2D eigenvalue weighted by Gasteiger charge is 2.71. The van der Waals surface area contributed by atoms with Gasteiger partial charge in [-0.25, -0.2) is 0 Å². The maximum atomic E-state index is 11.9. The van der Waals surface area contributed by atoms with Crippen LogP contribution in [-0.2, 0) is 9.47 Å². The first kappa shape index (κ1) is 22.3. The molecule has 4 heteroatoms. The minimum atomic E-state index is -0.714. The van der Waals surface area contributed by atoms with E-state index in [1.54, 1.807) is 0 Å². The van der Waals surface area contributed by atoms with Crippen molar-refractivity contribution < 1.29 is 19.7 Å². The molecule has 4 aliphatic carbocycles. The van der Waals surface area contributed by atoms with Gasteiger partial charge in [-0.1, -0.05) is 34.6 Å². The van der Waals surface area contributed by atoms with Gasteiger partial charge in [-0.2, -0.15) is 0 Å². The molecule has 6 fully saturated rings. The van der Waals surface area contributed by atoms with Crippen molar-refractivity contribution in [3.8, 4) is 0 Å². The normalized spacial score (nSPS) is 64.0. The summed E-state index contributed by atoms with van der Waals surface area (Å²) in [5, 5.41) is 22.3. The molecule has 0 aromatic carbocycles. The molecular formula is C28H46O4. The van der Waals surface area contributed by atoms with E-state index in [-0.39, 0.29) is 23.2 Å². The summed E-state index contributed by atoms with van der Waals surface area (Å²) in [6.07, 6.45) is 9.42. The van der Waals surface area contributed by atoms with Gasteiger partial charge in [-0.3, -0.25) is 0 Å². The highest BCUT2D eigenvalue weighted by Crippen LogP contribution is 2.72. The Morgan fingerprint density at radius 2 is 1.69 bits per heavy atom. The van der Waals surface area contributed by atoms with Crippen LogP contribution >= 0.6 is 0 Å². The van der Waals surface area contributed by atoms with Crippen LogP contribution < -0.4 is 0 Å². The predicted octanol–water partition coefficient (Wildman–Crippen LogP) is 5.15. The Kier molecular flexibility index (Phi) is 4.85. The van der Waals surface area contributed by atoms with Gasteiger partial charge in [0.05, 0.1) is 24.4 Å². The molecule has 13 atom stereocenters. The number of aliphatic hydroxyl groups is 2. The maximum absolute atomic E-state index is 11.9. The first-order valence-electron chi connectivity index (χ1n) is 13.8. The minimum Gasteiger partial charge on any atom is -0.393 e. The zero-order valence-electron chi connectivity index (χ0n) is 21.0. The third-order valence-electron chi connectivity index (χ3n) is 12.5. The van der Waals surface area contributed by atoms with Crippen LogP contribution in [0.5, 0.6) is 0 Å². The second-order valence-electron chi connectivity index (χ2n) is 13.8. The van der Waals surface area contributed by atoms with Gasteiger partial charge in [0.2, 0.25) is 0 Å². The van der Waals surface area contributed by atoms with E-state index in [0.29, 0.717) is 53.4 Å². The lowest BCUT2D eigenvalue weighted by Gasteiger charge is -2.66. The molecule has 6 aliphatic rings. The van der Waals surface area contributed by atoms with Crippen LogP contribution in [0.1, 0.15) is 92.4 Å². The first-order chi connectivity index (χ1) is 15.0. The van der Waals surface area contributed by atoms with Gasteiger partial charge in [0.25, 0.3) is 0 Å². The zero-order valence-corrected chi connectivity index (χ0v) is 21.0. The van der Waals surface area contributed by atoms with Gasteiger partial charge < -0.3 is 19.7 Å². The van der Waals surface area contributed by atoms with Crippen molar-refractivity contribution in [3.63, 3.8) is 0 Å². The van der Waals surface area contributed by atoms with E-state index < -0.39 is 5.60 Å². The number of rotatable bonds is 0. The summed E-state index contributed by atoms with van der Waals surface area (Å²) < 4.78 is 13.4. The van der Waals surface area contributed by atoms with E-state index in [0.717, 1.165) is 32.3 Å². The summed E-state index contributed by atoms with van der Waals surface area (Å²) in [5.74, 6) is 3.56. The molecule has 2 aliphatic heterocycles. The monoisotopic (exact) mass is 446 g/mol. The van der Waals surface area contributed by atoms with Gasteiger partial charge in [0, 0.05) is 18.8 Å². The number of ether oxygens (including phenoxy) is 2. The predicted molar refractivity (Wildman–Crippen MR) is 124 cm³/mol. The van der Waals surface area contributed by atoms with Crippen LogP contribution in [-0.4, -0.2) is 40.4 Å². The van der Waals surface area contributed by atoms with Crippen LogP contribution in [0, 0.1) is 52.3 Å². The largest absolute Gasteiger partial charge is 0.393 e. The summed E-state index contributed by atoms with van der Waals surface area (Å²) in [7, 11) is 0. The summed E-state index contributed by atoms with van der Waals surface area (Å²) in [5.41, 5.74) is -0.459. The Hall–Kier alpha value is -0.160. The SMILES string of the molecule is C[C@H]1CC[C@@]2(OC1)O[C@H]1C[C@H]3[C@@H]4C[C@H](C)[C@@]5(O)C[C@H](O)CC[C@]5(C)[C@H]4CC[C@]3(C)[C@H]1[C@@H]2C. The summed E-state index contributed by atoms with van der Waals surface area (Å²) in [4.78, 5) is 0. The molecule has 182 valence electrons. The van der Waals surface area contributed by atoms with Gasteiger partial charge >= 0.3 is 0 Å². The van der Waals surface area contributed by atoms with Crippen molar-refractivity contribution in [2.75, 3.05) is 6.61 Å². The molecule has 32 heavy (non-hydrogen) atoms. The molecule has 0 unspecified atom stereocenters. The van der Waals surface area contributed by atoms with Crippen LogP contribution in [0.25, 0.3) is 0 Å². The average Bonchev–Trinajstić information content (AvgIpc) is 3.18. The molecule has 6 rings (SSSR count). The zero-order chi connectivity index (χ0) is 22.7. The lowest BCUT2D eigenvalue weighted by atomic mass is 9.41. The summed E-state index contributed by atoms with van der Waals surface area (Å²) >= 11 is 0. The van der Waals surface area contributed by atoms with Crippen LogP contribution in [0.3, 0.4) is 0 Å². The molecule has 0 aromatic rings. The third kappa shape index (κ3) is 2.65. The van der Waals surface area contributed by atoms with Crippen molar-refractivity contribution in [2.24, 2.45) is 52.3 Å². The van der Waals surface area contributed by atoms with Crippen LogP contribution in [0.15, 0.2) is 0 Å². The molecule has 1 spiro atoms. The fourth-order valence-electron chi connectivity index (χ4n) is 10.7. The third-order valence-corrected chi connectivity index (χ3v) is 12.5. The fourth-order valence-corrected chi connectivity index (χ4v) is 10.7.